The summed E-state index contributed by atoms with van der Waals surface area (Å²) in [5, 5.41) is 12.0. The second-order valence-corrected chi connectivity index (χ2v) is 7.77. The van der Waals surface area contributed by atoms with Gasteiger partial charge in [0.15, 0.2) is 11.0 Å². The summed E-state index contributed by atoms with van der Waals surface area (Å²) >= 11 is 1.76. The van der Waals surface area contributed by atoms with Gasteiger partial charge in [-0.1, -0.05) is 48.2 Å². The van der Waals surface area contributed by atoms with Crippen LogP contribution >= 0.6 is 11.8 Å². The van der Waals surface area contributed by atoms with E-state index in [0.29, 0.717) is 6.61 Å². The number of hydrogen-bond donors (Lipinski definition) is 0. The summed E-state index contributed by atoms with van der Waals surface area (Å²) < 4.78 is 13.7. The first-order valence-corrected chi connectivity index (χ1v) is 10.8. The highest BCUT2D eigenvalue weighted by Crippen LogP contribution is 2.26. The van der Waals surface area contributed by atoms with Crippen molar-refractivity contribution in [1.29, 1.82) is 0 Å². The van der Waals surface area contributed by atoms with Crippen LogP contribution in [-0.4, -0.2) is 58.3 Å². The van der Waals surface area contributed by atoms with E-state index in [0.717, 1.165) is 67.3 Å². The molecule has 6 nitrogen and oxygen atoms in total. The molecule has 1 aliphatic rings. The maximum absolute atomic E-state index is 6.11. The number of thioether (sulfide) groups is 1. The molecular weight excluding hydrogens is 372 g/mol. The number of fused-ring (bicyclic) bond motifs is 1. The molecule has 0 amide bonds. The van der Waals surface area contributed by atoms with Crippen LogP contribution in [0.15, 0.2) is 47.6 Å². The molecule has 1 fully saturated rings. The molecule has 7 heteroatoms. The monoisotopic (exact) mass is 398 g/mol. The van der Waals surface area contributed by atoms with Crippen LogP contribution < -0.4 is 4.74 Å². The van der Waals surface area contributed by atoms with Crippen LogP contribution in [0.1, 0.15) is 12.7 Å². The van der Waals surface area contributed by atoms with Crippen molar-refractivity contribution < 1.29 is 9.47 Å². The van der Waals surface area contributed by atoms with E-state index >= 15 is 0 Å². The maximum Gasteiger partial charge on any atom is 0.191 e. The van der Waals surface area contributed by atoms with E-state index in [-0.39, 0.29) is 0 Å². The molecule has 4 rings (SSSR count). The Balaban J connectivity index is 1.38. The fourth-order valence-electron chi connectivity index (χ4n) is 3.40. The first kappa shape index (κ1) is 19.2. The summed E-state index contributed by atoms with van der Waals surface area (Å²) in [4.78, 5) is 2.44. The fraction of sp³-hybridized carbons (Fsp3) is 0.429. The Labute approximate surface area is 169 Å². The van der Waals surface area contributed by atoms with Crippen LogP contribution in [0.25, 0.3) is 10.8 Å². The average molecular weight is 399 g/mol. The van der Waals surface area contributed by atoms with Crippen LogP contribution in [0.2, 0.25) is 0 Å². The largest absolute Gasteiger partial charge is 0.485 e. The summed E-state index contributed by atoms with van der Waals surface area (Å²) in [6, 6.07) is 14.4. The number of hydrogen-bond acceptors (Lipinski definition) is 6. The normalized spacial score (nSPS) is 15.2. The highest BCUT2D eigenvalue weighted by molar-refractivity contribution is 7.99. The van der Waals surface area contributed by atoms with Gasteiger partial charge < -0.3 is 14.0 Å². The zero-order chi connectivity index (χ0) is 19.2. The van der Waals surface area contributed by atoms with Crippen molar-refractivity contribution in [3.8, 4) is 5.75 Å². The molecule has 0 spiro atoms. The lowest BCUT2D eigenvalue weighted by molar-refractivity contribution is 0.0410. The van der Waals surface area contributed by atoms with Crippen LogP contribution in [0, 0.1) is 0 Å². The fourth-order valence-corrected chi connectivity index (χ4v) is 4.43. The second kappa shape index (κ2) is 9.41. The molecular formula is C21H26N4O2S. The van der Waals surface area contributed by atoms with Crippen molar-refractivity contribution in [1.82, 2.24) is 19.7 Å². The van der Waals surface area contributed by atoms with Gasteiger partial charge in [-0.05, 0) is 18.4 Å². The van der Waals surface area contributed by atoms with Gasteiger partial charge in [0, 0.05) is 37.3 Å². The van der Waals surface area contributed by atoms with Gasteiger partial charge in [-0.2, -0.15) is 0 Å². The number of benzene rings is 2. The van der Waals surface area contributed by atoms with Gasteiger partial charge in [0.25, 0.3) is 0 Å². The highest BCUT2D eigenvalue weighted by atomic mass is 32.2. The van der Waals surface area contributed by atoms with Crippen molar-refractivity contribution in [2.45, 2.75) is 25.2 Å². The summed E-state index contributed by atoms with van der Waals surface area (Å²) in [7, 11) is 0. The zero-order valence-corrected chi connectivity index (χ0v) is 17.0. The molecule has 0 N–H and O–H groups in total. The third-order valence-electron chi connectivity index (χ3n) is 4.96. The lowest BCUT2D eigenvalue weighted by Crippen LogP contribution is -2.37. The molecule has 28 heavy (non-hydrogen) atoms. The Bertz CT molecular complexity index is 903. The Hall–Kier alpha value is -2.09. The molecule has 2 aromatic carbocycles. The van der Waals surface area contributed by atoms with Gasteiger partial charge >= 0.3 is 0 Å². The molecule has 0 radical (unpaired) electrons. The number of ether oxygens (including phenoxy) is 2. The van der Waals surface area contributed by atoms with Crippen LogP contribution in [0.5, 0.6) is 5.75 Å². The highest BCUT2D eigenvalue weighted by Gasteiger charge is 2.14. The number of nitrogens with zero attached hydrogens (tertiary/aromatic N) is 4. The molecule has 1 aromatic heterocycles. The quantitative estimate of drug-likeness (QED) is 0.542. The molecule has 0 unspecified atom stereocenters. The maximum atomic E-state index is 6.11. The van der Waals surface area contributed by atoms with Gasteiger partial charge in [0.2, 0.25) is 0 Å². The lowest BCUT2D eigenvalue weighted by Gasteiger charge is -2.26. The Morgan fingerprint density at radius 2 is 1.89 bits per heavy atom. The first-order chi connectivity index (χ1) is 13.8. The van der Waals surface area contributed by atoms with Gasteiger partial charge in [0.05, 0.1) is 13.2 Å². The van der Waals surface area contributed by atoms with E-state index < -0.39 is 0 Å². The van der Waals surface area contributed by atoms with E-state index in [1.54, 1.807) is 11.8 Å². The molecule has 148 valence electrons. The predicted octanol–water partition coefficient (Wildman–Crippen LogP) is 3.45. The van der Waals surface area contributed by atoms with Gasteiger partial charge in [0.1, 0.15) is 12.4 Å². The molecule has 3 aromatic rings. The van der Waals surface area contributed by atoms with E-state index in [4.69, 9.17) is 9.47 Å². The van der Waals surface area contributed by atoms with Crippen molar-refractivity contribution in [3.05, 3.63) is 48.3 Å². The van der Waals surface area contributed by atoms with Crippen molar-refractivity contribution >= 4 is 22.5 Å². The van der Waals surface area contributed by atoms with E-state index in [1.807, 2.05) is 24.3 Å². The summed E-state index contributed by atoms with van der Waals surface area (Å²) in [6.07, 6.45) is 0. The molecule has 0 atom stereocenters. The smallest absolute Gasteiger partial charge is 0.191 e. The summed E-state index contributed by atoms with van der Waals surface area (Å²) in [6.45, 7) is 8.14. The minimum Gasteiger partial charge on any atom is -0.485 e. The lowest BCUT2D eigenvalue weighted by atomic mass is 10.1. The molecule has 1 aliphatic heterocycles. The van der Waals surface area contributed by atoms with Gasteiger partial charge in [-0.15, -0.1) is 10.2 Å². The Morgan fingerprint density at radius 3 is 2.75 bits per heavy atom. The zero-order valence-electron chi connectivity index (χ0n) is 16.2. The van der Waals surface area contributed by atoms with E-state index in [9.17, 15) is 0 Å². The topological polar surface area (TPSA) is 52.4 Å². The van der Waals surface area contributed by atoms with Crippen LogP contribution in [0.3, 0.4) is 0 Å². The average Bonchev–Trinajstić information content (AvgIpc) is 3.14. The standard InChI is InChI=1S/C21H26N4O2S/c1-2-25-20(16-27-19-9-5-7-17-6-3-4-8-18(17)19)22-23-21(25)28-15-12-24-10-13-26-14-11-24/h3-9H,2,10-16H2,1H3. The molecule has 0 saturated carbocycles. The van der Waals surface area contributed by atoms with Crippen LogP contribution in [0.4, 0.5) is 0 Å². The van der Waals surface area contributed by atoms with Crippen LogP contribution in [-0.2, 0) is 17.9 Å². The minimum atomic E-state index is 0.416. The summed E-state index contributed by atoms with van der Waals surface area (Å²) in [5.74, 6) is 2.75. The third kappa shape index (κ3) is 4.48. The molecule has 1 saturated heterocycles. The minimum absolute atomic E-state index is 0.416. The van der Waals surface area contributed by atoms with Gasteiger partial charge in [-0.3, -0.25) is 4.90 Å². The molecule has 0 bridgehead atoms. The SMILES string of the molecule is CCn1c(COc2cccc3ccccc23)nnc1SCCN1CCOCC1. The number of morpholine rings is 1. The molecule has 0 aliphatic carbocycles. The second-order valence-electron chi connectivity index (χ2n) is 6.71. The Kier molecular flexibility index (Phi) is 6.46. The summed E-state index contributed by atoms with van der Waals surface area (Å²) in [5.41, 5.74) is 0. The predicted molar refractivity (Wildman–Crippen MR) is 112 cm³/mol. The van der Waals surface area contributed by atoms with E-state index in [1.165, 1.54) is 5.39 Å². The Morgan fingerprint density at radius 1 is 1.07 bits per heavy atom. The van der Waals surface area contributed by atoms with Crippen molar-refractivity contribution in [2.24, 2.45) is 0 Å². The number of rotatable bonds is 8. The first-order valence-electron chi connectivity index (χ1n) is 9.80. The van der Waals surface area contributed by atoms with E-state index in [2.05, 4.69) is 44.8 Å². The molecule has 2 heterocycles. The van der Waals surface area contributed by atoms with Gasteiger partial charge in [-0.25, -0.2) is 0 Å². The third-order valence-corrected chi connectivity index (χ3v) is 5.91. The number of aromatic nitrogens is 3. The van der Waals surface area contributed by atoms with Crippen molar-refractivity contribution in [2.75, 3.05) is 38.6 Å². The van der Waals surface area contributed by atoms with Crippen molar-refractivity contribution in [3.63, 3.8) is 0 Å².